The summed E-state index contributed by atoms with van der Waals surface area (Å²) < 4.78 is 29.1. The van der Waals surface area contributed by atoms with Crippen LogP contribution in [0.1, 0.15) is 11.1 Å². The molecule has 0 atom stereocenters. The van der Waals surface area contributed by atoms with Crippen molar-refractivity contribution in [3.05, 3.63) is 62.2 Å². The fourth-order valence-corrected chi connectivity index (χ4v) is 5.11. The summed E-state index contributed by atoms with van der Waals surface area (Å²) in [5, 5.41) is 1.99. The van der Waals surface area contributed by atoms with Gasteiger partial charge in [0.1, 0.15) is 0 Å². The largest absolute Gasteiger partial charge is 0.320 e. The first-order valence-electron chi connectivity index (χ1n) is 8.60. The monoisotopic (exact) mass is 559 g/mol. The molecule has 0 amide bonds. The van der Waals surface area contributed by atoms with Gasteiger partial charge in [0, 0.05) is 36.6 Å². The van der Waals surface area contributed by atoms with E-state index in [1.54, 1.807) is 18.2 Å². The van der Waals surface area contributed by atoms with Crippen LogP contribution in [0.4, 0.5) is 5.69 Å². The molecular weight excluding hydrogens is 538 g/mol. The Morgan fingerprint density at radius 1 is 1.10 bits per heavy atom. The van der Waals surface area contributed by atoms with Crippen molar-refractivity contribution in [3.8, 4) is 11.3 Å². The topological polar surface area (TPSA) is 54.7 Å². The Morgan fingerprint density at radius 2 is 1.79 bits per heavy atom. The van der Waals surface area contributed by atoms with Crippen LogP contribution in [0, 0.1) is 13.8 Å². The zero-order valence-corrected chi connectivity index (χ0v) is 21.7. The number of hydrogen-bond donors (Lipinski definition) is 0. The minimum atomic E-state index is -3.51. The van der Waals surface area contributed by atoms with Gasteiger partial charge in [-0.2, -0.15) is 0 Å². The van der Waals surface area contributed by atoms with Gasteiger partial charge in [0.2, 0.25) is 10.0 Å². The van der Waals surface area contributed by atoms with Crippen LogP contribution in [0.5, 0.6) is 0 Å². The quantitative estimate of drug-likeness (QED) is 0.440. The molecule has 156 valence electrons. The fourth-order valence-electron chi connectivity index (χ4n) is 2.82. The third kappa shape index (κ3) is 4.91. The molecule has 1 heterocycles. The normalized spacial score (nSPS) is 12.3. The second kappa shape index (κ2) is 9.26. The zero-order valence-electron chi connectivity index (χ0n) is 16.8. The molecule has 0 aliphatic carbocycles. The molecule has 0 spiro atoms. The molecule has 0 unspecified atom stereocenters. The summed E-state index contributed by atoms with van der Waals surface area (Å²) in [6.45, 7) is 4.11. The molecule has 1 aromatic heterocycles. The molecular formula is C20H23Br2N3O2S2. The van der Waals surface area contributed by atoms with Crippen molar-refractivity contribution in [2.24, 2.45) is 12.0 Å². The summed E-state index contributed by atoms with van der Waals surface area (Å²) in [7, 11) is 1.49. The molecule has 0 fully saturated rings. The molecule has 0 aliphatic heterocycles. The molecule has 0 bridgehead atoms. The summed E-state index contributed by atoms with van der Waals surface area (Å²) in [4.78, 5) is 5.90. The molecule has 5 nitrogen and oxygen atoms in total. The standard InChI is InChI=1S/C20H22BrN3O2S2.BrH/c1-13-6-9-18(14(2)10-13)22-20-24(5)19(12-27-20)16-11-15(7-8-17(16)21)28(25,26)23(3)4;/h6-12H,1-5H3;1H. The van der Waals surface area contributed by atoms with Crippen LogP contribution in [0.3, 0.4) is 0 Å². The maximum Gasteiger partial charge on any atom is 0.242 e. The van der Waals surface area contributed by atoms with Crippen LogP contribution >= 0.6 is 44.2 Å². The maximum atomic E-state index is 12.5. The fraction of sp³-hybridized carbons (Fsp3) is 0.250. The highest BCUT2D eigenvalue weighted by molar-refractivity contribution is 9.10. The van der Waals surface area contributed by atoms with Gasteiger partial charge in [0.05, 0.1) is 16.3 Å². The van der Waals surface area contributed by atoms with Crippen molar-refractivity contribution < 1.29 is 8.42 Å². The lowest BCUT2D eigenvalue weighted by atomic mass is 10.1. The number of rotatable bonds is 4. The SMILES string of the molecule is Br.Cc1ccc(N=c2scc(-c3cc(S(=O)(=O)N(C)C)ccc3Br)n2C)c(C)c1. The predicted octanol–water partition coefficient (Wildman–Crippen LogP) is 5.19. The van der Waals surface area contributed by atoms with E-state index in [0.717, 1.165) is 31.8 Å². The number of thiazole rings is 1. The summed E-state index contributed by atoms with van der Waals surface area (Å²) in [6.07, 6.45) is 0. The van der Waals surface area contributed by atoms with Crippen LogP contribution in [-0.2, 0) is 17.1 Å². The van der Waals surface area contributed by atoms with Crippen molar-refractivity contribution in [3.63, 3.8) is 0 Å². The van der Waals surface area contributed by atoms with Crippen molar-refractivity contribution in [1.82, 2.24) is 8.87 Å². The minimum Gasteiger partial charge on any atom is -0.320 e. The lowest BCUT2D eigenvalue weighted by molar-refractivity contribution is 0.521. The molecule has 2 aromatic carbocycles. The van der Waals surface area contributed by atoms with E-state index in [4.69, 9.17) is 4.99 Å². The van der Waals surface area contributed by atoms with Gasteiger partial charge in [0.25, 0.3) is 0 Å². The van der Waals surface area contributed by atoms with Crippen molar-refractivity contribution in [2.75, 3.05) is 14.1 Å². The van der Waals surface area contributed by atoms with Crippen LogP contribution < -0.4 is 4.80 Å². The van der Waals surface area contributed by atoms with Crippen molar-refractivity contribution in [1.29, 1.82) is 0 Å². The number of hydrogen-bond acceptors (Lipinski definition) is 4. The first-order valence-corrected chi connectivity index (χ1v) is 11.7. The van der Waals surface area contributed by atoms with E-state index in [1.807, 2.05) is 36.1 Å². The van der Waals surface area contributed by atoms with Gasteiger partial charge < -0.3 is 4.57 Å². The second-order valence-electron chi connectivity index (χ2n) is 6.79. The van der Waals surface area contributed by atoms with Gasteiger partial charge in [-0.15, -0.1) is 28.3 Å². The molecule has 29 heavy (non-hydrogen) atoms. The van der Waals surface area contributed by atoms with Gasteiger partial charge in [-0.1, -0.05) is 33.6 Å². The maximum absolute atomic E-state index is 12.5. The van der Waals surface area contributed by atoms with Crippen LogP contribution in [-0.4, -0.2) is 31.4 Å². The Labute approximate surface area is 194 Å². The lowest BCUT2D eigenvalue weighted by Gasteiger charge is -2.13. The molecule has 0 saturated heterocycles. The summed E-state index contributed by atoms with van der Waals surface area (Å²) >= 11 is 5.08. The van der Waals surface area contributed by atoms with E-state index in [2.05, 4.69) is 28.9 Å². The number of halogens is 2. The van der Waals surface area contributed by atoms with Crippen molar-refractivity contribution >= 4 is 60.0 Å². The van der Waals surface area contributed by atoms with E-state index in [9.17, 15) is 8.42 Å². The highest BCUT2D eigenvalue weighted by Crippen LogP contribution is 2.31. The average molecular weight is 561 g/mol. The van der Waals surface area contributed by atoms with Gasteiger partial charge >= 0.3 is 0 Å². The van der Waals surface area contributed by atoms with Crippen LogP contribution in [0.15, 0.2) is 56.1 Å². The highest BCUT2D eigenvalue weighted by Gasteiger charge is 2.20. The molecule has 0 aliphatic rings. The van der Waals surface area contributed by atoms with E-state index >= 15 is 0 Å². The summed E-state index contributed by atoms with van der Waals surface area (Å²) in [5.41, 5.74) is 4.96. The Morgan fingerprint density at radius 3 is 2.41 bits per heavy atom. The number of aromatic nitrogens is 1. The van der Waals surface area contributed by atoms with Gasteiger partial charge in [0.15, 0.2) is 4.80 Å². The van der Waals surface area contributed by atoms with E-state index in [-0.39, 0.29) is 21.9 Å². The molecule has 3 aromatic rings. The Bertz CT molecular complexity index is 1210. The third-order valence-corrected chi connectivity index (χ3v) is 7.90. The third-order valence-electron chi connectivity index (χ3n) is 4.48. The molecule has 9 heteroatoms. The number of aryl methyl sites for hydroxylation is 2. The Hall–Kier alpha value is -1.26. The minimum absolute atomic E-state index is 0. The van der Waals surface area contributed by atoms with E-state index < -0.39 is 10.0 Å². The molecule has 0 N–H and O–H groups in total. The van der Waals surface area contributed by atoms with Gasteiger partial charge in [-0.05, 0) is 43.7 Å². The average Bonchev–Trinajstić information content (AvgIpc) is 2.98. The first-order chi connectivity index (χ1) is 13.1. The smallest absolute Gasteiger partial charge is 0.242 e. The second-order valence-corrected chi connectivity index (χ2v) is 10.6. The van der Waals surface area contributed by atoms with Crippen LogP contribution in [0.2, 0.25) is 0 Å². The predicted molar refractivity (Wildman–Crippen MR) is 129 cm³/mol. The zero-order chi connectivity index (χ0) is 20.6. The summed E-state index contributed by atoms with van der Waals surface area (Å²) in [5.74, 6) is 0. The highest BCUT2D eigenvalue weighted by atomic mass is 79.9. The van der Waals surface area contributed by atoms with Gasteiger partial charge in [-0.3, -0.25) is 0 Å². The van der Waals surface area contributed by atoms with Gasteiger partial charge in [-0.25, -0.2) is 17.7 Å². The van der Waals surface area contributed by atoms with E-state index in [0.29, 0.717) is 0 Å². The van der Waals surface area contributed by atoms with E-state index in [1.165, 1.54) is 35.3 Å². The number of benzene rings is 2. The summed E-state index contributed by atoms with van der Waals surface area (Å²) in [6, 6.07) is 11.2. The van der Waals surface area contributed by atoms with Crippen LogP contribution in [0.25, 0.3) is 11.3 Å². The Kier molecular flexibility index (Phi) is 7.67. The molecule has 0 radical (unpaired) electrons. The van der Waals surface area contributed by atoms with Crippen molar-refractivity contribution in [2.45, 2.75) is 18.7 Å². The number of sulfonamides is 1. The molecule has 3 rings (SSSR count). The first kappa shape index (κ1) is 24.0. The molecule has 0 saturated carbocycles. The number of nitrogens with zero attached hydrogens (tertiary/aromatic N) is 3. The lowest BCUT2D eigenvalue weighted by Crippen LogP contribution is -2.22. The Balaban J connectivity index is 0.00000300.